The number of nitrogens with zero attached hydrogens (tertiary/aromatic N) is 1. The third-order valence-electron chi connectivity index (χ3n) is 5.20. The summed E-state index contributed by atoms with van der Waals surface area (Å²) < 4.78 is 0. The lowest BCUT2D eigenvalue weighted by molar-refractivity contribution is -0.385. The topological polar surface area (TPSA) is 55.2 Å². The number of rotatable bonds is 2. The van der Waals surface area contributed by atoms with E-state index >= 15 is 0 Å². The molecule has 2 aromatic rings. The molecule has 0 fully saturated rings. The van der Waals surface area contributed by atoms with E-state index in [1.807, 2.05) is 19.1 Å². The molecule has 6 heteroatoms. The Hall–Kier alpha value is -2.04. The maximum atomic E-state index is 11.5. The fraction of sp³-hybridized carbons (Fsp3) is 0.263. The highest BCUT2D eigenvalue weighted by Crippen LogP contribution is 2.54. The fourth-order valence-corrected chi connectivity index (χ4v) is 4.58. The van der Waals surface area contributed by atoms with Crippen LogP contribution < -0.4 is 5.32 Å². The molecule has 0 unspecified atom stereocenters. The summed E-state index contributed by atoms with van der Waals surface area (Å²) in [6.07, 6.45) is 5.05. The number of nitrogens with one attached hydrogen (secondary N) is 1. The zero-order valence-electron chi connectivity index (χ0n) is 13.5. The van der Waals surface area contributed by atoms with Crippen LogP contribution >= 0.6 is 23.2 Å². The van der Waals surface area contributed by atoms with Crippen molar-refractivity contribution in [2.75, 3.05) is 5.32 Å². The van der Waals surface area contributed by atoms with Gasteiger partial charge in [0.1, 0.15) is 0 Å². The van der Waals surface area contributed by atoms with Crippen molar-refractivity contribution in [1.29, 1.82) is 0 Å². The van der Waals surface area contributed by atoms with Crippen LogP contribution in [0, 0.1) is 23.0 Å². The third kappa shape index (κ3) is 2.60. The minimum Gasteiger partial charge on any atom is -0.377 e. The number of halogens is 2. The number of hydrogen-bond acceptors (Lipinski definition) is 3. The molecular formula is C19H16Cl2N2O2. The number of nitro benzene ring substituents is 1. The molecule has 128 valence electrons. The molecule has 0 radical (unpaired) electrons. The molecule has 4 rings (SSSR count). The maximum absolute atomic E-state index is 11.5. The van der Waals surface area contributed by atoms with Crippen LogP contribution in [-0.2, 0) is 0 Å². The molecule has 2 aliphatic rings. The van der Waals surface area contributed by atoms with Crippen molar-refractivity contribution in [2.24, 2.45) is 5.92 Å². The van der Waals surface area contributed by atoms with E-state index in [-0.39, 0.29) is 28.5 Å². The maximum Gasteiger partial charge on any atom is 0.275 e. The standard InChI is InChI=1S/C19H16Cl2N2O2/c1-10-5-8-16(23(24)25)17-12-3-2-4-13(12)19(22-18(10)17)14-7-6-11(20)9-15(14)21/h2-3,5-9,12-13,19,22H,4H2,1H3/t12-,13+,19-/m1/s1. The van der Waals surface area contributed by atoms with Crippen molar-refractivity contribution in [2.45, 2.75) is 25.3 Å². The summed E-state index contributed by atoms with van der Waals surface area (Å²) >= 11 is 12.5. The van der Waals surface area contributed by atoms with Crippen LogP contribution in [0.4, 0.5) is 11.4 Å². The van der Waals surface area contributed by atoms with E-state index in [0.29, 0.717) is 10.0 Å². The molecule has 0 bridgehead atoms. The van der Waals surface area contributed by atoms with Crippen molar-refractivity contribution < 1.29 is 4.92 Å². The first kappa shape index (κ1) is 16.4. The van der Waals surface area contributed by atoms with Crippen molar-refractivity contribution in [3.05, 3.63) is 79.3 Å². The quantitative estimate of drug-likeness (QED) is 0.396. The molecule has 25 heavy (non-hydrogen) atoms. The molecular weight excluding hydrogens is 359 g/mol. The van der Waals surface area contributed by atoms with Crippen LogP contribution in [0.25, 0.3) is 0 Å². The Bertz CT molecular complexity index is 911. The number of allylic oxidation sites excluding steroid dienone is 2. The molecule has 1 N–H and O–H groups in total. The fourth-order valence-electron chi connectivity index (χ4n) is 4.06. The Labute approximate surface area is 155 Å². The van der Waals surface area contributed by atoms with Gasteiger partial charge in [-0.05, 0) is 42.5 Å². The third-order valence-corrected chi connectivity index (χ3v) is 5.76. The van der Waals surface area contributed by atoms with Gasteiger partial charge in [0.05, 0.1) is 16.5 Å². The Kier molecular flexibility index (Phi) is 3.97. The average molecular weight is 375 g/mol. The molecule has 0 amide bonds. The van der Waals surface area contributed by atoms with Gasteiger partial charge in [0.2, 0.25) is 0 Å². The second-order valence-electron chi connectivity index (χ2n) is 6.59. The van der Waals surface area contributed by atoms with Crippen LogP contribution in [0.2, 0.25) is 10.0 Å². The van der Waals surface area contributed by atoms with E-state index in [9.17, 15) is 10.1 Å². The lowest BCUT2D eigenvalue weighted by Crippen LogP contribution is -2.30. The van der Waals surface area contributed by atoms with E-state index in [0.717, 1.165) is 28.8 Å². The van der Waals surface area contributed by atoms with Crippen LogP contribution in [0.1, 0.15) is 35.1 Å². The van der Waals surface area contributed by atoms with E-state index < -0.39 is 0 Å². The van der Waals surface area contributed by atoms with Gasteiger partial charge in [-0.15, -0.1) is 0 Å². The second-order valence-corrected chi connectivity index (χ2v) is 7.43. The van der Waals surface area contributed by atoms with Gasteiger partial charge >= 0.3 is 0 Å². The highest BCUT2D eigenvalue weighted by molar-refractivity contribution is 6.35. The van der Waals surface area contributed by atoms with E-state index in [1.54, 1.807) is 18.2 Å². The van der Waals surface area contributed by atoms with E-state index in [1.165, 1.54) is 0 Å². The lowest BCUT2D eigenvalue weighted by Gasteiger charge is -2.38. The van der Waals surface area contributed by atoms with Gasteiger partial charge < -0.3 is 5.32 Å². The van der Waals surface area contributed by atoms with Crippen LogP contribution in [0.15, 0.2) is 42.5 Å². The summed E-state index contributed by atoms with van der Waals surface area (Å²) in [4.78, 5) is 11.2. The zero-order valence-corrected chi connectivity index (χ0v) is 15.0. The number of anilines is 1. The van der Waals surface area contributed by atoms with Crippen molar-refractivity contribution in [3.63, 3.8) is 0 Å². The van der Waals surface area contributed by atoms with Crippen molar-refractivity contribution in [3.8, 4) is 0 Å². The van der Waals surface area contributed by atoms with Gasteiger partial charge in [-0.1, -0.05) is 47.5 Å². The first-order valence-electron chi connectivity index (χ1n) is 8.13. The largest absolute Gasteiger partial charge is 0.377 e. The lowest BCUT2D eigenvalue weighted by atomic mass is 9.75. The summed E-state index contributed by atoms with van der Waals surface area (Å²) in [5.41, 5.74) is 3.77. The Morgan fingerprint density at radius 1 is 1.24 bits per heavy atom. The number of aryl methyl sites for hydroxylation is 1. The molecule has 0 spiro atoms. The smallest absolute Gasteiger partial charge is 0.275 e. The van der Waals surface area contributed by atoms with Gasteiger partial charge in [0.15, 0.2) is 0 Å². The van der Waals surface area contributed by atoms with Gasteiger partial charge in [-0.3, -0.25) is 10.1 Å². The van der Waals surface area contributed by atoms with Gasteiger partial charge in [0.25, 0.3) is 5.69 Å². The molecule has 4 nitrogen and oxygen atoms in total. The normalized spacial score (nSPS) is 23.7. The van der Waals surface area contributed by atoms with Gasteiger partial charge in [0, 0.05) is 27.7 Å². The molecule has 1 aliphatic heterocycles. The van der Waals surface area contributed by atoms with Crippen LogP contribution in [0.3, 0.4) is 0 Å². The predicted octanol–water partition coefficient (Wildman–Crippen LogP) is 6.04. The molecule has 3 atom stereocenters. The van der Waals surface area contributed by atoms with E-state index in [4.69, 9.17) is 23.2 Å². The molecule has 0 saturated carbocycles. The van der Waals surface area contributed by atoms with Crippen LogP contribution in [-0.4, -0.2) is 4.92 Å². The summed E-state index contributed by atoms with van der Waals surface area (Å²) in [5, 5.41) is 16.3. The predicted molar refractivity (Wildman–Crippen MR) is 101 cm³/mol. The highest BCUT2D eigenvalue weighted by atomic mass is 35.5. The second kappa shape index (κ2) is 6.04. The highest BCUT2D eigenvalue weighted by Gasteiger charge is 2.42. The molecule has 0 aromatic heterocycles. The first-order chi connectivity index (χ1) is 12.0. The molecule has 1 heterocycles. The minimum atomic E-state index is -0.293. The first-order valence-corrected chi connectivity index (χ1v) is 8.89. The Balaban J connectivity index is 1.89. The van der Waals surface area contributed by atoms with Gasteiger partial charge in [-0.25, -0.2) is 0 Å². The number of nitro groups is 1. The number of benzene rings is 2. The molecule has 2 aromatic carbocycles. The summed E-state index contributed by atoms with van der Waals surface area (Å²) in [5.74, 6) is 0.194. The molecule has 0 saturated heterocycles. The average Bonchev–Trinajstić information content (AvgIpc) is 3.04. The Morgan fingerprint density at radius 2 is 2.04 bits per heavy atom. The van der Waals surface area contributed by atoms with Crippen molar-refractivity contribution >= 4 is 34.6 Å². The van der Waals surface area contributed by atoms with E-state index in [2.05, 4.69) is 17.5 Å². The summed E-state index contributed by atoms with van der Waals surface area (Å²) in [6, 6.07) is 8.90. The zero-order chi connectivity index (χ0) is 17.7. The van der Waals surface area contributed by atoms with Crippen LogP contribution in [0.5, 0.6) is 0 Å². The Morgan fingerprint density at radius 3 is 2.76 bits per heavy atom. The summed E-state index contributed by atoms with van der Waals surface area (Å²) in [6.45, 7) is 1.97. The van der Waals surface area contributed by atoms with Crippen molar-refractivity contribution in [1.82, 2.24) is 0 Å². The number of hydrogen-bond donors (Lipinski definition) is 1. The monoisotopic (exact) mass is 374 g/mol. The minimum absolute atomic E-state index is 0.00768. The van der Waals surface area contributed by atoms with Gasteiger partial charge in [-0.2, -0.15) is 0 Å². The summed E-state index contributed by atoms with van der Waals surface area (Å²) in [7, 11) is 0. The number of fused-ring (bicyclic) bond motifs is 3. The molecule has 1 aliphatic carbocycles. The SMILES string of the molecule is Cc1ccc([N+](=O)[O-])c2c1N[C@@H](c1ccc(Cl)cc1Cl)[C@H]1CC=C[C@@H]21.